The summed E-state index contributed by atoms with van der Waals surface area (Å²) in [5.41, 5.74) is 2.85. The van der Waals surface area contributed by atoms with E-state index in [0.29, 0.717) is 39.8 Å². The van der Waals surface area contributed by atoms with E-state index in [4.69, 9.17) is 14.5 Å². The highest BCUT2D eigenvalue weighted by atomic mass is 16.6. The molecule has 5 rings (SSSR count). The molecule has 2 aromatic heterocycles. The lowest BCUT2D eigenvalue weighted by Crippen LogP contribution is -2.24. The average molecular weight is 457 g/mol. The molecule has 10 nitrogen and oxygen atoms in total. The summed E-state index contributed by atoms with van der Waals surface area (Å²) in [5.74, 6) is 0.0907. The molecular formula is C24H19N5O5. The summed E-state index contributed by atoms with van der Waals surface area (Å²) in [6.45, 7) is 3.68. The summed E-state index contributed by atoms with van der Waals surface area (Å²) in [7, 11) is 0. The minimum absolute atomic E-state index is 0.0243. The fourth-order valence-electron chi connectivity index (χ4n) is 4.05. The largest absolute Gasteiger partial charge is 0.463 e. The first-order chi connectivity index (χ1) is 16.5. The lowest BCUT2D eigenvalue weighted by atomic mass is 9.83. The summed E-state index contributed by atoms with van der Waals surface area (Å²) >= 11 is 0. The van der Waals surface area contributed by atoms with E-state index in [9.17, 15) is 14.9 Å². The topological polar surface area (TPSA) is 122 Å². The zero-order valence-corrected chi connectivity index (χ0v) is 18.3. The minimum atomic E-state index is -0.533. The molecule has 170 valence electrons. The number of benzene rings is 2. The second-order valence-electron chi connectivity index (χ2n) is 7.61. The zero-order valence-electron chi connectivity index (χ0n) is 18.3. The first kappa shape index (κ1) is 21.3. The minimum Gasteiger partial charge on any atom is -0.463 e. The molecule has 1 aliphatic rings. The third-order valence-corrected chi connectivity index (χ3v) is 5.56. The molecule has 0 spiro atoms. The number of nitro groups is 1. The number of esters is 1. The van der Waals surface area contributed by atoms with Gasteiger partial charge in [0, 0.05) is 17.7 Å². The van der Waals surface area contributed by atoms with Gasteiger partial charge in [-0.05, 0) is 31.5 Å². The van der Waals surface area contributed by atoms with Crippen LogP contribution >= 0.6 is 0 Å². The van der Waals surface area contributed by atoms with Gasteiger partial charge >= 0.3 is 5.97 Å². The van der Waals surface area contributed by atoms with Gasteiger partial charge in [-0.15, -0.1) is 5.10 Å². The van der Waals surface area contributed by atoms with Crippen molar-refractivity contribution < 1.29 is 19.2 Å². The molecular weight excluding hydrogens is 438 g/mol. The Bertz CT molecular complexity index is 1440. The van der Waals surface area contributed by atoms with E-state index >= 15 is 0 Å². The second kappa shape index (κ2) is 8.39. The van der Waals surface area contributed by atoms with Crippen LogP contribution in [0.4, 0.5) is 5.69 Å². The van der Waals surface area contributed by atoms with E-state index in [2.05, 4.69) is 10.1 Å². The molecule has 1 atom stereocenters. The van der Waals surface area contributed by atoms with E-state index in [-0.39, 0.29) is 12.3 Å². The number of carbonyl (C=O) groups is 1. The summed E-state index contributed by atoms with van der Waals surface area (Å²) in [6.07, 6.45) is 1.49. The van der Waals surface area contributed by atoms with Gasteiger partial charge in [0.25, 0.3) is 5.69 Å². The van der Waals surface area contributed by atoms with E-state index in [1.807, 2.05) is 30.3 Å². The summed E-state index contributed by atoms with van der Waals surface area (Å²) < 4.78 is 12.8. The average Bonchev–Trinajstić information content (AvgIpc) is 3.28. The van der Waals surface area contributed by atoms with Crippen molar-refractivity contribution in [3.63, 3.8) is 0 Å². The van der Waals surface area contributed by atoms with Crippen molar-refractivity contribution in [1.82, 2.24) is 19.6 Å². The maximum Gasteiger partial charge on any atom is 0.338 e. The van der Waals surface area contributed by atoms with Gasteiger partial charge in [-0.2, -0.15) is 0 Å². The van der Waals surface area contributed by atoms with Crippen LogP contribution in [0.25, 0.3) is 17.0 Å². The van der Waals surface area contributed by atoms with Gasteiger partial charge in [-0.3, -0.25) is 10.1 Å². The van der Waals surface area contributed by atoms with Crippen molar-refractivity contribution in [2.24, 2.45) is 0 Å². The number of carbonyl (C=O) groups excluding carboxylic acids is 1. The number of rotatable bonds is 5. The van der Waals surface area contributed by atoms with Crippen LogP contribution in [0, 0.1) is 10.1 Å². The van der Waals surface area contributed by atoms with E-state index in [0.717, 1.165) is 5.56 Å². The number of allylic oxidation sites excluding steroid dienone is 1. The number of nitro benzene ring substituents is 1. The first-order valence-electron chi connectivity index (χ1n) is 10.6. The normalized spacial score (nSPS) is 15.1. The Labute approximate surface area is 193 Å². The summed E-state index contributed by atoms with van der Waals surface area (Å²) in [6, 6.07) is 15.5. The van der Waals surface area contributed by atoms with Crippen LogP contribution in [0.1, 0.15) is 30.9 Å². The molecule has 0 amide bonds. The molecule has 1 aliphatic heterocycles. The van der Waals surface area contributed by atoms with Gasteiger partial charge in [-0.1, -0.05) is 30.3 Å². The third kappa shape index (κ3) is 3.54. The van der Waals surface area contributed by atoms with Gasteiger partial charge in [0.1, 0.15) is 12.1 Å². The van der Waals surface area contributed by atoms with Gasteiger partial charge in [0.05, 0.1) is 28.6 Å². The number of aromatic nitrogens is 4. The van der Waals surface area contributed by atoms with Crippen LogP contribution in [-0.4, -0.2) is 37.1 Å². The van der Waals surface area contributed by atoms with Crippen LogP contribution in [0.5, 0.6) is 5.88 Å². The molecule has 0 bridgehead atoms. The van der Waals surface area contributed by atoms with Crippen LogP contribution < -0.4 is 4.74 Å². The van der Waals surface area contributed by atoms with E-state index < -0.39 is 16.8 Å². The van der Waals surface area contributed by atoms with Gasteiger partial charge < -0.3 is 9.47 Å². The number of hydrogen-bond donors (Lipinski definition) is 0. The standard InChI is InChI=1S/C24H19N5O5/c1-3-33-24(30)18-14(2)34-23-20(19(18)15-7-5-4-6-8-15)22-26-21(27-28(22)13-25-23)16-9-11-17(12-10-16)29(31)32/h4-13,19H,3H2,1-2H3/t19-/m1/s1. The third-order valence-electron chi connectivity index (χ3n) is 5.56. The van der Waals surface area contributed by atoms with Crippen molar-refractivity contribution in [2.75, 3.05) is 6.61 Å². The predicted octanol–water partition coefficient (Wildman–Crippen LogP) is 4.06. The van der Waals surface area contributed by atoms with Crippen LogP contribution in [0.15, 0.2) is 72.3 Å². The molecule has 10 heteroatoms. The predicted molar refractivity (Wildman–Crippen MR) is 121 cm³/mol. The molecule has 4 aromatic rings. The summed E-state index contributed by atoms with van der Waals surface area (Å²) in [5, 5.41) is 15.5. The maximum absolute atomic E-state index is 13.0. The zero-order chi connectivity index (χ0) is 23.8. The van der Waals surface area contributed by atoms with E-state index in [1.54, 1.807) is 26.0 Å². The Hall–Kier alpha value is -4.60. The Morgan fingerprint density at radius 2 is 1.91 bits per heavy atom. The number of ether oxygens (including phenoxy) is 2. The Morgan fingerprint density at radius 1 is 1.18 bits per heavy atom. The summed E-state index contributed by atoms with van der Waals surface area (Å²) in [4.78, 5) is 32.6. The van der Waals surface area contributed by atoms with Gasteiger partial charge in [0.2, 0.25) is 5.88 Å². The molecule has 3 heterocycles. The molecule has 0 aliphatic carbocycles. The molecule has 0 saturated carbocycles. The van der Waals surface area contributed by atoms with Crippen molar-refractivity contribution in [1.29, 1.82) is 0 Å². The molecule has 2 aromatic carbocycles. The monoisotopic (exact) mass is 457 g/mol. The van der Waals surface area contributed by atoms with E-state index in [1.165, 1.54) is 23.0 Å². The fraction of sp³-hybridized carbons (Fsp3) is 0.167. The molecule has 34 heavy (non-hydrogen) atoms. The fourth-order valence-corrected chi connectivity index (χ4v) is 4.05. The lowest BCUT2D eigenvalue weighted by Gasteiger charge is -2.28. The van der Waals surface area contributed by atoms with Crippen LogP contribution in [0.2, 0.25) is 0 Å². The Balaban J connectivity index is 1.70. The second-order valence-corrected chi connectivity index (χ2v) is 7.61. The van der Waals surface area contributed by atoms with Crippen LogP contribution in [0.3, 0.4) is 0 Å². The SMILES string of the molecule is CCOC(=O)C1=C(C)Oc2ncn3nc(-c4ccc([N+](=O)[O-])cc4)nc3c2[C@@H]1c1ccccc1. The number of fused-ring (bicyclic) bond motifs is 3. The Morgan fingerprint density at radius 3 is 2.59 bits per heavy atom. The molecule has 0 saturated heterocycles. The van der Waals surface area contributed by atoms with Gasteiger partial charge in [0.15, 0.2) is 11.5 Å². The smallest absolute Gasteiger partial charge is 0.338 e. The maximum atomic E-state index is 13.0. The lowest BCUT2D eigenvalue weighted by molar-refractivity contribution is -0.384. The highest BCUT2D eigenvalue weighted by Crippen LogP contribution is 2.44. The van der Waals surface area contributed by atoms with Crippen molar-refractivity contribution in [3.05, 3.63) is 93.5 Å². The quantitative estimate of drug-likeness (QED) is 0.250. The first-order valence-corrected chi connectivity index (χ1v) is 10.6. The highest BCUT2D eigenvalue weighted by Gasteiger charge is 2.38. The molecule has 0 fully saturated rings. The number of non-ortho nitro benzene ring substituents is 1. The van der Waals surface area contributed by atoms with Crippen molar-refractivity contribution in [2.45, 2.75) is 19.8 Å². The van der Waals surface area contributed by atoms with Crippen molar-refractivity contribution >= 4 is 17.3 Å². The Kier molecular flexibility index (Phi) is 5.25. The highest BCUT2D eigenvalue weighted by molar-refractivity contribution is 5.93. The molecule has 0 radical (unpaired) electrons. The molecule has 0 unspecified atom stereocenters. The van der Waals surface area contributed by atoms with Crippen LogP contribution in [-0.2, 0) is 9.53 Å². The number of hydrogen-bond acceptors (Lipinski definition) is 8. The van der Waals surface area contributed by atoms with Crippen molar-refractivity contribution in [3.8, 4) is 17.3 Å². The number of nitrogens with zero attached hydrogens (tertiary/aromatic N) is 5. The van der Waals surface area contributed by atoms with Gasteiger partial charge in [-0.25, -0.2) is 19.3 Å². The molecule has 0 N–H and O–H groups in total.